The molecule has 0 unspecified atom stereocenters. The fourth-order valence-electron chi connectivity index (χ4n) is 2.01. The quantitative estimate of drug-likeness (QED) is 0.431. The lowest BCUT2D eigenvalue weighted by atomic mass is 9.94. The fourth-order valence-corrected chi connectivity index (χ4v) is 2.51. The Kier molecular flexibility index (Phi) is 7.25. The first-order valence-corrected chi connectivity index (χ1v) is 9.23. The van der Waals surface area contributed by atoms with E-state index in [1.807, 2.05) is 24.3 Å². The number of benzene rings is 1. The van der Waals surface area contributed by atoms with Crippen LogP contribution >= 0.6 is 0 Å². The van der Waals surface area contributed by atoms with E-state index in [0.717, 1.165) is 11.3 Å². The highest BCUT2D eigenvalue weighted by atomic mass is 32.2. The van der Waals surface area contributed by atoms with Crippen LogP contribution in [0.3, 0.4) is 0 Å². The Morgan fingerprint density at radius 3 is 2.35 bits per heavy atom. The molecule has 0 aromatic heterocycles. The van der Waals surface area contributed by atoms with Crippen LogP contribution in [-0.2, 0) is 10.1 Å². The zero-order valence-electron chi connectivity index (χ0n) is 14.2. The van der Waals surface area contributed by atoms with Crippen molar-refractivity contribution in [1.29, 1.82) is 0 Å². The maximum absolute atomic E-state index is 10.8. The van der Waals surface area contributed by atoms with Gasteiger partial charge in [0.25, 0.3) is 10.1 Å². The number of ether oxygens (including phenoxy) is 1. The average Bonchev–Trinajstić information content (AvgIpc) is 2.44. The summed E-state index contributed by atoms with van der Waals surface area (Å²) in [5.74, 6) is 0.553. The molecule has 0 heterocycles. The van der Waals surface area contributed by atoms with Crippen molar-refractivity contribution in [3.63, 3.8) is 0 Å². The second-order valence-corrected chi connectivity index (χ2v) is 8.14. The Bertz CT molecular complexity index is 600. The molecule has 1 aromatic carbocycles. The molecule has 1 rings (SSSR count). The minimum absolute atomic E-state index is 0.0264. The molecule has 0 saturated heterocycles. The lowest BCUT2D eigenvalue weighted by molar-refractivity contribution is 0.414. The summed E-state index contributed by atoms with van der Waals surface area (Å²) in [4.78, 5) is 0. The van der Waals surface area contributed by atoms with Crippen molar-refractivity contribution in [2.75, 3.05) is 19.4 Å². The topological polar surface area (TPSA) is 75.6 Å². The Labute approximate surface area is 139 Å². The largest absolute Gasteiger partial charge is 0.497 e. The summed E-state index contributed by atoms with van der Waals surface area (Å²) in [6.07, 6.45) is 4.56. The van der Waals surface area contributed by atoms with Crippen LogP contribution in [0.2, 0.25) is 0 Å². The summed E-state index contributed by atoms with van der Waals surface area (Å²) >= 11 is 0. The highest BCUT2D eigenvalue weighted by Gasteiger charge is 2.11. The van der Waals surface area contributed by atoms with Gasteiger partial charge in [-0.3, -0.25) is 4.55 Å². The average molecular weight is 341 g/mol. The summed E-state index contributed by atoms with van der Waals surface area (Å²) in [6.45, 7) is 6.84. The van der Waals surface area contributed by atoms with Crippen molar-refractivity contribution >= 4 is 10.1 Å². The molecule has 23 heavy (non-hydrogen) atoms. The van der Waals surface area contributed by atoms with Gasteiger partial charge in [0.15, 0.2) is 0 Å². The first-order chi connectivity index (χ1) is 10.6. The van der Waals surface area contributed by atoms with E-state index in [1.54, 1.807) is 7.11 Å². The first-order valence-electron chi connectivity index (χ1n) is 7.62. The van der Waals surface area contributed by atoms with Crippen LogP contribution in [0, 0.1) is 5.41 Å². The number of rotatable bonds is 8. The molecule has 6 heteroatoms. The van der Waals surface area contributed by atoms with Crippen molar-refractivity contribution in [3.8, 4) is 5.75 Å². The van der Waals surface area contributed by atoms with Crippen LogP contribution in [0.25, 0.3) is 0 Å². The first kappa shape index (κ1) is 19.7. The molecular weight excluding hydrogens is 314 g/mol. The molecule has 0 amide bonds. The summed E-state index contributed by atoms with van der Waals surface area (Å²) in [7, 11) is -2.28. The van der Waals surface area contributed by atoms with Gasteiger partial charge in [-0.15, -0.1) is 0 Å². The Morgan fingerprint density at radius 2 is 1.87 bits per heavy atom. The van der Waals surface area contributed by atoms with E-state index >= 15 is 0 Å². The molecule has 0 aliphatic carbocycles. The van der Waals surface area contributed by atoms with Crippen LogP contribution in [0.1, 0.15) is 38.8 Å². The molecule has 0 aliphatic rings. The van der Waals surface area contributed by atoms with Crippen molar-refractivity contribution in [3.05, 3.63) is 42.0 Å². The Morgan fingerprint density at radius 1 is 1.26 bits per heavy atom. The highest BCUT2D eigenvalue weighted by Crippen LogP contribution is 2.22. The van der Waals surface area contributed by atoms with E-state index in [-0.39, 0.29) is 17.2 Å². The minimum atomic E-state index is -3.91. The third-order valence-electron chi connectivity index (χ3n) is 3.21. The molecule has 0 saturated carbocycles. The predicted octanol–water partition coefficient (Wildman–Crippen LogP) is 3.21. The van der Waals surface area contributed by atoms with Gasteiger partial charge in [-0.2, -0.15) is 8.42 Å². The van der Waals surface area contributed by atoms with Gasteiger partial charge in [0.1, 0.15) is 5.75 Å². The molecule has 0 spiro atoms. The lowest BCUT2D eigenvalue weighted by Crippen LogP contribution is -2.23. The number of hydrogen-bond donors (Lipinski definition) is 2. The van der Waals surface area contributed by atoms with E-state index in [1.165, 1.54) is 0 Å². The zero-order chi connectivity index (χ0) is 17.5. The number of hydrogen-bond acceptors (Lipinski definition) is 4. The van der Waals surface area contributed by atoms with Crippen molar-refractivity contribution in [1.82, 2.24) is 5.32 Å². The SMILES string of the molecule is COc1ccc([C@H](C=CC(C)(C)C)NCCCS(=O)(=O)O)cc1. The second-order valence-electron chi connectivity index (χ2n) is 6.57. The molecule has 0 aliphatic heterocycles. The summed E-state index contributed by atoms with van der Waals surface area (Å²) in [6, 6.07) is 7.72. The van der Waals surface area contributed by atoms with Crippen molar-refractivity contribution in [2.45, 2.75) is 33.2 Å². The standard InChI is InChI=1S/C17H27NO4S/c1-17(2,3)11-10-16(18-12-5-13-23(19,20)21)14-6-8-15(22-4)9-7-14/h6-11,16,18H,5,12-13H2,1-4H3,(H,19,20,21)/t16-/m0/s1. The highest BCUT2D eigenvalue weighted by molar-refractivity contribution is 7.85. The molecule has 1 aromatic rings. The van der Waals surface area contributed by atoms with Crippen LogP contribution in [-0.4, -0.2) is 32.4 Å². The van der Waals surface area contributed by atoms with Gasteiger partial charge in [0, 0.05) is 0 Å². The van der Waals surface area contributed by atoms with Gasteiger partial charge in [0.2, 0.25) is 0 Å². The van der Waals surface area contributed by atoms with Crippen LogP contribution in [0.15, 0.2) is 36.4 Å². The van der Waals surface area contributed by atoms with Crippen molar-refractivity contribution < 1.29 is 17.7 Å². The Balaban J connectivity index is 2.78. The number of methoxy groups -OCH3 is 1. The minimum Gasteiger partial charge on any atom is -0.497 e. The second kappa shape index (κ2) is 8.47. The van der Waals surface area contributed by atoms with Gasteiger partial charge in [-0.05, 0) is 36.1 Å². The van der Waals surface area contributed by atoms with E-state index in [0.29, 0.717) is 13.0 Å². The van der Waals surface area contributed by atoms with Crippen LogP contribution in [0.4, 0.5) is 0 Å². The molecule has 130 valence electrons. The molecule has 2 N–H and O–H groups in total. The smallest absolute Gasteiger partial charge is 0.264 e. The molecular formula is C17H27NO4S. The van der Waals surface area contributed by atoms with Gasteiger partial charge >= 0.3 is 0 Å². The van der Waals surface area contributed by atoms with Gasteiger partial charge in [-0.1, -0.05) is 45.1 Å². The van der Waals surface area contributed by atoms with E-state index in [9.17, 15) is 8.42 Å². The van der Waals surface area contributed by atoms with E-state index in [4.69, 9.17) is 9.29 Å². The monoisotopic (exact) mass is 341 g/mol. The predicted molar refractivity (Wildman–Crippen MR) is 93.4 cm³/mol. The van der Waals surface area contributed by atoms with Gasteiger partial charge in [0.05, 0.1) is 18.9 Å². The maximum Gasteiger partial charge on any atom is 0.264 e. The van der Waals surface area contributed by atoms with Crippen molar-refractivity contribution in [2.24, 2.45) is 5.41 Å². The summed E-state index contributed by atoms with van der Waals surface area (Å²) in [5.41, 5.74) is 1.12. The number of nitrogens with one attached hydrogen (secondary N) is 1. The molecule has 0 bridgehead atoms. The maximum atomic E-state index is 10.8. The van der Waals surface area contributed by atoms with Crippen LogP contribution < -0.4 is 10.1 Å². The van der Waals surface area contributed by atoms with E-state index < -0.39 is 10.1 Å². The van der Waals surface area contributed by atoms with E-state index in [2.05, 4.69) is 38.2 Å². The summed E-state index contributed by atoms with van der Waals surface area (Å²) < 4.78 is 35.5. The molecule has 0 fully saturated rings. The molecule has 5 nitrogen and oxygen atoms in total. The fraction of sp³-hybridized carbons (Fsp3) is 0.529. The van der Waals surface area contributed by atoms with Crippen LogP contribution in [0.5, 0.6) is 5.75 Å². The zero-order valence-corrected chi connectivity index (χ0v) is 15.1. The Hall–Kier alpha value is -1.37. The number of allylic oxidation sites excluding steroid dienone is 1. The normalized spacial score (nSPS) is 14.1. The lowest BCUT2D eigenvalue weighted by Gasteiger charge is -2.19. The molecule has 0 radical (unpaired) electrons. The third kappa shape index (κ3) is 8.74. The molecule has 1 atom stereocenters. The van der Waals surface area contributed by atoms with Gasteiger partial charge in [-0.25, -0.2) is 0 Å². The van der Waals surface area contributed by atoms with Gasteiger partial charge < -0.3 is 10.1 Å². The third-order valence-corrected chi connectivity index (χ3v) is 4.01. The summed E-state index contributed by atoms with van der Waals surface area (Å²) in [5, 5.41) is 3.32.